The molecule has 0 saturated carbocycles. The summed E-state index contributed by atoms with van der Waals surface area (Å²) in [4.78, 5) is 22.2. The molecule has 0 bridgehead atoms. The molecule has 0 N–H and O–H groups in total. The summed E-state index contributed by atoms with van der Waals surface area (Å²) in [5.74, 6) is 2.72. The Kier molecular flexibility index (Phi) is 5.45. The number of furan rings is 1. The first kappa shape index (κ1) is 20.4. The maximum absolute atomic E-state index is 6.12. The third-order valence-electron chi connectivity index (χ3n) is 5.89. The maximum Gasteiger partial charge on any atom is 0.225 e. The Balaban J connectivity index is 1.40. The fraction of sp³-hybridized carbons (Fsp3) is 0.333. The van der Waals surface area contributed by atoms with E-state index in [-0.39, 0.29) is 0 Å². The van der Waals surface area contributed by atoms with E-state index in [0.717, 1.165) is 65.4 Å². The van der Waals surface area contributed by atoms with Crippen molar-refractivity contribution in [1.82, 2.24) is 24.8 Å². The van der Waals surface area contributed by atoms with Gasteiger partial charge in [-0.1, -0.05) is 12.1 Å². The average molecular weight is 431 g/mol. The quantitative estimate of drug-likeness (QED) is 0.458. The van der Waals surface area contributed by atoms with Gasteiger partial charge in [-0.25, -0.2) is 19.9 Å². The fourth-order valence-electron chi connectivity index (χ4n) is 4.32. The Bertz CT molecular complexity index is 1220. The second kappa shape index (κ2) is 8.55. The van der Waals surface area contributed by atoms with E-state index in [1.165, 1.54) is 6.33 Å². The normalized spacial score (nSPS) is 16.5. The molecule has 3 aromatic heterocycles. The van der Waals surface area contributed by atoms with Gasteiger partial charge in [0.2, 0.25) is 5.95 Å². The van der Waals surface area contributed by atoms with Gasteiger partial charge in [0.1, 0.15) is 12.1 Å². The van der Waals surface area contributed by atoms with E-state index >= 15 is 0 Å². The monoisotopic (exact) mass is 430 g/mol. The van der Waals surface area contributed by atoms with Gasteiger partial charge in [-0.15, -0.1) is 0 Å². The number of methoxy groups -OCH3 is 1. The van der Waals surface area contributed by atoms with Gasteiger partial charge in [0, 0.05) is 61.7 Å². The predicted molar refractivity (Wildman–Crippen MR) is 123 cm³/mol. The van der Waals surface area contributed by atoms with Crippen LogP contribution < -0.4 is 9.64 Å². The standard InChI is InChI=1S/C24H26N6O2/c1-29(2)24-27-12-20(18-10-25-15-26-11-18)22(28-24)17-7-8-30(13-17)14-19-9-16-5-4-6-21(31-3)23(16)32-19/h4-6,9-12,15,17H,7-8,13-14H2,1-3H3. The van der Waals surface area contributed by atoms with E-state index < -0.39 is 0 Å². The van der Waals surface area contributed by atoms with Gasteiger partial charge in [0.25, 0.3) is 0 Å². The molecule has 1 atom stereocenters. The van der Waals surface area contributed by atoms with Crippen LogP contribution in [0, 0.1) is 0 Å². The molecule has 1 aliphatic rings. The fourth-order valence-corrected chi connectivity index (χ4v) is 4.32. The Morgan fingerprint density at radius 1 is 1.19 bits per heavy atom. The van der Waals surface area contributed by atoms with Crippen LogP contribution in [0.25, 0.3) is 22.1 Å². The van der Waals surface area contributed by atoms with Crippen LogP contribution in [0.3, 0.4) is 0 Å². The first-order valence-electron chi connectivity index (χ1n) is 10.7. The molecular weight excluding hydrogens is 404 g/mol. The van der Waals surface area contributed by atoms with Gasteiger partial charge in [-0.05, 0) is 25.1 Å². The van der Waals surface area contributed by atoms with Crippen molar-refractivity contribution in [2.45, 2.75) is 18.9 Å². The summed E-state index contributed by atoms with van der Waals surface area (Å²) in [5, 5.41) is 1.06. The minimum absolute atomic E-state index is 0.297. The van der Waals surface area contributed by atoms with Crippen molar-refractivity contribution in [3.8, 4) is 16.9 Å². The van der Waals surface area contributed by atoms with Gasteiger partial charge < -0.3 is 14.1 Å². The van der Waals surface area contributed by atoms with Gasteiger partial charge in [-0.2, -0.15) is 0 Å². The minimum Gasteiger partial charge on any atom is -0.493 e. The highest BCUT2D eigenvalue weighted by molar-refractivity contribution is 5.83. The number of hydrogen-bond donors (Lipinski definition) is 0. The average Bonchev–Trinajstić information content (AvgIpc) is 3.45. The van der Waals surface area contributed by atoms with Crippen LogP contribution >= 0.6 is 0 Å². The summed E-state index contributed by atoms with van der Waals surface area (Å²) in [6.07, 6.45) is 8.09. The van der Waals surface area contributed by atoms with Gasteiger partial charge >= 0.3 is 0 Å². The Labute approximate surface area is 186 Å². The van der Waals surface area contributed by atoms with E-state index in [1.807, 2.05) is 49.7 Å². The molecule has 4 aromatic rings. The number of anilines is 1. The van der Waals surface area contributed by atoms with Crippen LogP contribution in [0.1, 0.15) is 23.8 Å². The molecule has 0 aliphatic carbocycles. The summed E-state index contributed by atoms with van der Waals surface area (Å²) in [7, 11) is 5.59. The lowest BCUT2D eigenvalue weighted by Crippen LogP contribution is -2.20. The zero-order chi connectivity index (χ0) is 22.1. The molecule has 8 nitrogen and oxygen atoms in total. The number of ether oxygens (including phenoxy) is 1. The molecule has 1 fully saturated rings. The van der Waals surface area contributed by atoms with Crippen LogP contribution in [-0.2, 0) is 6.54 Å². The molecule has 164 valence electrons. The predicted octanol–water partition coefficient (Wildman–Crippen LogP) is 3.74. The number of aromatic nitrogens is 4. The Morgan fingerprint density at radius 3 is 2.81 bits per heavy atom. The highest BCUT2D eigenvalue weighted by atomic mass is 16.5. The zero-order valence-corrected chi connectivity index (χ0v) is 18.5. The van der Waals surface area contributed by atoms with Crippen molar-refractivity contribution in [2.75, 3.05) is 39.2 Å². The highest BCUT2D eigenvalue weighted by Crippen LogP contribution is 2.35. The van der Waals surface area contributed by atoms with Crippen molar-refractivity contribution < 1.29 is 9.15 Å². The van der Waals surface area contributed by atoms with Crippen molar-refractivity contribution >= 4 is 16.9 Å². The summed E-state index contributed by atoms with van der Waals surface area (Å²) < 4.78 is 11.6. The van der Waals surface area contributed by atoms with Crippen LogP contribution in [0.5, 0.6) is 5.75 Å². The van der Waals surface area contributed by atoms with Crippen LogP contribution in [0.4, 0.5) is 5.95 Å². The van der Waals surface area contributed by atoms with Crippen molar-refractivity contribution in [3.63, 3.8) is 0 Å². The summed E-state index contributed by atoms with van der Waals surface area (Å²) in [6.45, 7) is 2.63. The summed E-state index contributed by atoms with van der Waals surface area (Å²) in [6, 6.07) is 8.06. The van der Waals surface area contributed by atoms with E-state index in [0.29, 0.717) is 11.9 Å². The molecule has 1 unspecified atom stereocenters. The van der Waals surface area contributed by atoms with E-state index in [4.69, 9.17) is 14.1 Å². The largest absolute Gasteiger partial charge is 0.493 e. The molecule has 0 radical (unpaired) electrons. The first-order chi connectivity index (χ1) is 15.6. The Morgan fingerprint density at radius 2 is 2.03 bits per heavy atom. The van der Waals surface area contributed by atoms with Gasteiger partial charge in [0.15, 0.2) is 11.3 Å². The molecule has 1 saturated heterocycles. The lowest BCUT2D eigenvalue weighted by atomic mass is 9.97. The lowest BCUT2D eigenvalue weighted by molar-refractivity contribution is 0.296. The molecule has 1 aromatic carbocycles. The van der Waals surface area contributed by atoms with E-state index in [1.54, 1.807) is 7.11 Å². The third-order valence-corrected chi connectivity index (χ3v) is 5.89. The molecule has 1 aliphatic heterocycles. The zero-order valence-electron chi connectivity index (χ0n) is 18.5. The van der Waals surface area contributed by atoms with Gasteiger partial charge in [0.05, 0.1) is 19.3 Å². The summed E-state index contributed by atoms with van der Waals surface area (Å²) >= 11 is 0. The molecule has 0 amide bonds. The Hall–Kier alpha value is -3.52. The van der Waals surface area contributed by atoms with E-state index in [2.05, 4.69) is 32.0 Å². The van der Waals surface area contributed by atoms with Crippen molar-refractivity contribution in [2.24, 2.45) is 0 Å². The van der Waals surface area contributed by atoms with Crippen molar-refractivity contribution in [1.29, 1.82) is 0 Å². The highest BCUT2D eigenvalue weighted by Gasteiger charge is 2.29. The van der Waals surface area contributed by atoms with Crippen LogP contribution in [0.2, 0.25) is 0 Å². The number of likely N-dealkylation sites (tertiary alicyclic amines) is 1. The number of fused-ring (bicyclic) bond motifs is 1. The molecular formula is C24H26N6O2. The molecule has 8 heteroatoms. The smallest absolute Gasteiger partial charge is 0.225 e. The molecule has 4 heterocycles. The molecule has 32 heavy (non-hydrogen) atoms. The lowest BCUT2D eigenvalue weighted by Gasteiger charge is -2.19. The van der Waals surface area contributed by atoms with E-state index in [9.17, 15) is 0 Å². The third kappa shape index (κ3) is 3.89. The molecule has 0 spiro atoms. The van der Waals surface area contributed by atoms with Crippen molar-refractivity contribution in [3.05, 3.63) is 60.6 Å². The second-order valence-electron chi connectivity index (χ2n) is 8.30. The topological polar surface area (TPSA) is 80.4 Å². The van der Waals surface area contributed by atoms with Crippen LogP contribution in [-0.4, -0.2) is 59.1 Å². The maximum atomic E-state index is 6.12. The molecule has 5 rings (SSSR count). The first-order valence-corrected chi connectivity index (χ1v) is 10.7. The van der Waals surface area contributed by atoms with Gasteiger partial charge in [-0.3, -0.25) is 4.90 Å². The SMILES string of the molecule is COc1cccc2cc(CN3CCC(c4nc(N(C)C)ncc4-c4cncnc4)C3)oc12. The van der Waals surface area contributed by atoms with Crippen LogP contribution in [0.15, 0.2) is 53.6 Å². The number of para-hydroxylation sites is 1. The number of nitrogens with zero attached hydrogens (tertiary/aromatic N) is 6. The number of rotatable bonds is 6. The summed E-state index contributed by atoms with van der Waals surface area (Å²) in [5.41, 5.74) is 3.79. The number of benzene rings is 1. The second-order valence-corrected chi connectivity index (χ2v) is 8.30. The number of hydrogen-bond acceptors (Lipinski definition) is 8. The minimum atomic E-state index is 0.297.